The summed E-state index contributed by atoms with van der Waals surface area (Å²) in [7, 11) is 0. The summed E-state index contributed by atoms with van der Waals surface area (Å²) < 4.78 is 23.2. The van der Waals surface area contributed by atoms with Crippen molar-refractivity contribution >= 4 is 0 Å². The highest BCUT2D eigenvalue weighted by Gasteiger charge is 2.18. The molecule has 0 bridgehead atoms. The van der Waals surface area contributed by atoms with Crippen LogP contribution in [-0.2, 0) is 25.6 Å². The van der Waals surface area contributed by atoms with Gasteiger partial charge in [0.1, 0.15) is 6.10 Å². The summed E-state index contributed by atoms with van der Waals surface area (Å²) in [4.78, 5) is 0. The van der Waals surface area contributed by atoms with Gasteiger partial charge in [-0.05, 0) is 31.2 Å². The number of hydrogen-bond acceptors (Lipinski definition) is 4. The van der Waals surface area contributed by atoms with Crippen LogP contribution in [0.3, 0.4) is 0 Å². The molecular weight excluding hydrogens is 292 g/mol. The van der Waals surface area contributed by atoms with Gasteiger partial charge in [0.25, 0.3) is 0 Å². The zero-order chi connectivity index (χ0) is 16.2. The Morgan fingerprint density at radius 1 is 1.17 bits per heavy atom. The third-order valence-electron chi connectivity index (χ3n) is 3.88. The predicted octanol–water partition coefficient (Wildman–Crippen LogP) is 3.93. The molecule has 1 aliphatic rings. The first-order chi connectivity index (χ1) is 11.4. The first-order valence-electron chi connectivity index (χ1n) is 8.85. The lowest BCUT2D eigenvalue weighted by molar-refractivity contribution is -0.186. The minimum absolute atomic E-state index is 0.0578. The average Bonchev–Trinajstić information content (AvgIpc) is 2.62. The van der Waals surface area contributed by atoms with Gasteiger partial charge in [0.05, 0.1) is 19.8 Å². The van der Waals surface area contributed by atoms with Gasteiger partial charge in [0, 0.05) is 13.2 Å². The summed E-state index contributed by atoms with van der Waals surface area (Å²) in [6, 6.07) is 10.2. The molecule has 23 heavy (non-hydrogen) atoms. The van der Waals surface area contributed by atoms with Crippen LogP contribution in [0.1, 0.15) is 44.6 Å². The largest absolute Gasteiger partial charge is 0.379 e. The van der Waals surface area contributed by atoms with Gasteiger partial charge in [-0.2, -0.15) is 0 Å². The van der Waals surface area contributed by atoms with Crippen LogP contribution in [0.2, 0.25) is 0 Å². The van der Waals surface area contributed by atoms with Crippen molar-refractivity contribution in [3.63, 3.8) is 0 Å². The zero-order valence-electron chi connectivity index (χ0n) is 14.2. The zero-order valence-corrected chi connectivity index (χ0v) is 14.2. The van der Waals surface area contributed by atoms with Gasteiger partial charge in [-0.1, -0.05) is 43.7 Å². The number of unbranched alkanes of at least 4 members (excludes halogenated alkanes) is 1. The molecule has 2 atom stereocenters. The van der Waals surface area contributed by atoms with Crippen LogP contribution in [0, 0.1) is 0 Å². The van der Waals surface area contributed by atoms with Crippen LogP contribution in [-0.4, -0.2) is 38.8 Å². The van der Waals surface area contributed by atoms with Crippen LogP contribution in [0.4, 0.5) is 0 Å². The Balaban J connectivity index is 1.73. The summed E-state index contributed by atoms with van der Waals surface area (Å²) in [5, 5.41) is 0. The maximum Gasteiger partial charge on any atom is 0.157 e. The third-order valence-corrected chi connectivity index (χ3v) is 3.88. The second-order valence-corrected chi connectivity index (χ2v) is 5.98. The smallest absolute Gasteiger partial charge is 0.157 e. The molecule has 0 spiro atoms. The molecule has 0 N–H and O–H groups in total. The number of rotatable bonds is 11. The van der Waals surface area contributed by atoms with Crippen LogP contribution in [0.25, 0.3) is 0 Å². The minimum Gasteiger partial charge on any atom is -0.379 e. The lowest BCUT2D eigenvalue weighted by atomic mass is 10.2. The van der Waals surface area contributed by atoms with E-state index >= 15 is 0 Å². The fourth-order valence-electron chi connectivity index (χ4n) is 2.45. The minimum atomic E-state index is -0.0813. The van der Waals surface area contributed by atoms with E-state index in [0.29, 0.717) is 19.8 Å². The predicted molar refractivity (Wildman–Crippen MR) is 90.3 cm³/mol. The summed E-state index contributed by atoms with van der Waals surface area (Å²) in [5.41, 5.74) is 1.17. The lowest BCUT2D eigenvalue weighted by Crippen LogP contribution is -2.31. The molecule has 0 saturated carbocycles. The van der Waals surface area contributed by atoms with Crippen molar-refractivity contribution in [1.29, 1.82) is 0 Å². The van der Waals surface area contributed by atoms with E-state index in [4.69, 9.17) is 18.9 Å². The normalized spacial score (nSPS) is 19.6. The Morgan fingerprint density at radius 2 is 2.04 bits per heavy atom. The molecule has 2 rings (SSSR count). The highest BCUT2D eigenvalue weighted by atomic mass is 16.7. The van der Waals surface area contributed by atoms with Crippen molar-refractivity contribution in [2.75, 3.05) is 26.4 Å². The Morgan fingerprint density at radius 3 is 2.78 bits per heavy atom. The van der Waals surface area contributed by atoms with Crippen molar-refractivity contribution in [1.82, 2.24) is 0 Å². The Labute approximate surface area is 140 Å². The Hall–Kier alpha value is -0.940. The molecule has 4 nitrogen and oxygen atoms in total. The van der Waals surface area contributed by atoms with Gasteiger partial charge in [0.15, 0.2) is 6.29 Å². The molecule has 1 aliphatic heterocycles. The van der Waals surface area contributed by atoms with Crippen molar-refractivity contribution in [2.24, 2.45) is 0 Å². The molecule has 1 fully saturated rings. The summed E-state index contributed by atoms with van der Waals surface area (Å²) in [5.74, 6) is 0. The fraction of sp³-hybridized carbons (Fsp3) is 0.684. The molecule has 4 heteroatoms. The van der Waals surface area contributed by atoms with Crippen LogP contribution < -0.4 is 0 Å². The van der Waals surface area contributed by atoms with Crippen LogP contribution in [0.15, 0.2) is 30.3 Å². The van der Waals surface area contributed by atoms with Gasteiger partial charge < -0.3 is 18.9 Å². The number of ether oxygens (including phenoxy) is 4. The molecule has 0 aliphatic carbocycles. The second kappa shape index (κ2) is 11.6. The maximum absolute atomic E-state index is 5.99. The summed E-state index contributed by atoms with van der Waals surface area (Å²) in [6.07, 6.45) is 5.36. The van der Waals surface area contributed by atoms with Gasteiger partial charge in [0.2, 0.25) is 0 Å². The van der Waals surface area contributed by atoms with Crippen LogP contribution in [0.5, 0.6) is 0 Å². The van der Waals surface area contributed by atoms with Crippen LogP contribution >= 0.6 is 0 Å². The topological polar surface area (TPSA) is 36.9 Å². The lowest BCUT2D eigenvalue weighted by Gasteiger charge is -2.25. The molecule has 1 aromatic carbocycles. The van der Waals surface area contributed by atoms with Gasteiger partial charge in [-0.15, -0.1) is 0 Å². The van der Waals surface area contributed by atoms with Crippen molar-refractivity contribution in [3.8, 4) is 0 Å². The van der Waals surface area contributed by atoms with Gasteiger partial charge in [-0.25, -0.2) is 0 Å². The first kappa shape index (κ1) is 18.4. The summed E-state index contributed by atoms with van der Waals surface area (Å²) >= 11 is 0. The van der Waals surface area contributed by atoms with Crippen molar-refractivity contribution < 1.29 is 18.9 Å². The quantitative estimate of drug-likeness (QED) is 0.578. The third kappa shape index (κ3) is 7.93. The highest BCUT2D eigenvalue weighted by molar-refractivity contribution is 5.13. The monoisotopic (exact) mass is 322 g/mol. The molecule has 1 aromatic rings. The molecule has 0 radical (unpaired) electrons. The molecule has 130 valence electrons. The van der Waals surface area contributed by atoms with E-state index in [1.165, 1.54) is 12.0 Å². The van der Waals surface area contributed by atoms with E-state index in [0.717, 1.165) is 38.9 Å². The Bertz CT molecular complexity index is 390. The van der Waals surface area contributed by atoms with E-state index in [-0.39, 0.29) is 12.4 Å². The molecule has 0 aromatic heterocycles. The molecular formula is C19H30O4. The molecule has 0 amide bonds. The fourth-order valence-corrected chi connectivity index (χ4v) is 2.45. The maximum atomic E-state index is 5.99. The second-order valence-electron chi connectivity index (χ2n) is 5.98. The SMILES string of the molecule is CCCCOC[C@@H](COC1CCCCO1)OCc1ccccc1. The molecule has 1 heterocycles. The van der Waals surface area contributed by atoms with E-state index in [1.54, 1.807) is 0 Å². The first-order valence-corrected chi connectivity index (χ1v) is 8.85. The number of hydrogen-bond donors (Lipinski definition) is 0. The highest BCUT2D eigenvalue weighted by Crippen LogP contribution is 2.15. The molecule has 1 saturated heterocycles. The molecule has 1 unspecified atom stereocenters. The summed E-state index contributed by atoms with van der Waals surface area (Å²) in [6.45, 7) is 5.41. The van der Waals surface area contributed by atoms with E-state index in [9.17, 15) is 0 Å². The van der Waals surface area contributed by atoms with Crippen molar-refractivity contribution in [3.05, 3.63) is 35.9 Å². The number of benzene rings is 1. The van der Waals surface area contributed by atoms with E-state index in [1.807, 2.05) is 18.2 Å². The van der Waals surface area contributed by atoms with Gasteiger partial charge >= 0.3 is 0 Å². The van der Waals surface area contributed by atoms with Crippen molar-refractivity contribution in [2.45, 2.75) is 58.0 Å². The average molecular weight is 322 g/mol. The van der Waals surface area contributed by atoms with Gasteiger partial charge in [-0.3, -0.25) is 0 Å². The Kier molecular flexibility index (Phi) is 9.26. The van der Waals surface area contributed by atoms with E-state index < -0.39 is 0 Å². The standard InChI is InChI=1S/C19H30O4/c1-2-3-12-20-15-18(16-23-19-11-7-8-13-21-19)22-14-17-9-5-4-6-10-17/h4-6,9-10,18-19H,2-3,7-8,11-16H2,1H3/t18-,19?/m0/s1. The van der Waals surface area contributed by atoms with E-state index in [2.05, 4.69) is 19.1 Å².